The minimum absolute atomic E-state index is 0.152. The largest absolute Gasteiger partial charge is 0.340 e. The third-order valence-corrected chi connectivity index (χ3v) is 3.61. The summed E-state index contributed by atoms with van der Waals surface area (Å²) >= 11 is 1.57. The Bertz CT molecular complexity index is 478. The van der Waals surface area contributed by atoms with Crippen LogP contribution in [0.15, 0.2) is 12.1 Å². The predicted molar refractivity (Wildman–Crippen MR) is 55.5 cm³/mol. The fourth-order valence-corrected chi connectivity index (χ4v) is 2.47. The number of hydrogen-bond donors (Lipinski definition) is 0. The first-order valence-electron chi connectivity index (χ1n) is 4.16. The second kappa shape index (κ2) is 2.70. The Labute approximate surface area is 80.8 Å². The van der Waals surface area contributed by atoms with Crippen molar-refractivity contribution in [3.05, 3.63) is 22.7 Å². The van der Waals surface area contributed by atoms with Crippen molar-refractivity contribution < 1.29 is 4.79 Å². The molecule has 0 aliphatic carbocycles. The summed E-state index contributed by atoms with van der Waals surface area (Å²) in [6, 6.07) is 4.08. The van der Waals surface area contributed by atoms with Gasteiger partial charge >= 0.3 is 0 Å². The molecule has 0 spiro atoms. The molecule has 0 saturated heterocycles. The van der Waals surface area contributed by atoms with Gasteiger partial charge in [0.15, 0.2) is 5.78 Å². The van der Waals surface area contributed by atoms with E-state index in [2.05, 4.69) is 17.6 Å². The average Bonchev–Trinajstić information content (AvgIpc) is 2.55. The van der Waals surface area contributed by atoms with Crippen molar-refractivity contribution in [2.45, 2.75) is 13.8 Å². The zero-order valence-corrected chi connectivity index (χ0v) is 8.73. The van der Waals surface area contributed by atoms with Gasteiger partial charge in [-0.3, -0.25) is 4.79 Å². The first kappa shape index (κ1) is 8.51. The quantitative estimate of drug-likeness (QED) is 0.638. The maximum atomic E-state index is 11.1. The Kier molecular flexibility index (Phi) is 1.77. The van der Waals surface area contributed by atoms with Gasteiger partial charge in [0.25, 0.3) is 0 Å². The highest BCUT2D eigenvalue weighted by Gasteiger charge is 2.09. The molecule has 68 valence electrons. The molecule has 2 nitrogen and oxygen atoms in total. The van der Waals surface area contributed by atoms with E-state index in [4.69, 9.17) is 0 Å². The summed E-state index contributed by atoms with van der Waals surface area (Å²) in [5, 5.41) is 1.18. The third kappa shape index (κ3) is 1.20. The lowest BCUT2D eigenvalue weighted by molar-refractivity contribution is 0.102. The van der Waals surface area contributed by atoms with E-state index in [9.17, 15) is 4.79 Å². The number of carbonyl (C=O) groups excluding carboxylic acids is 1. The molecule has 2 aromatic rings. The lowest BCUT2D eigenvalue weighted by Gasteiger charge is -1.94. The molecule has 2 aromatic heterocycles. The van der Waals surface area contributed by atoms with Crippen molar-refractivity contribution in [2.24, 2.45) is 7.05 Å². The monoisotopic (exact) mass is 193 g/mol. The topological polar surface area (TPSA) is 22.0 Å². The van der Waals surface area contributed by atoms with E-state index in [1.807, 2.05) is 13.1 Å². The van der Waals surface area contributed by atoms with Gasteiger partial charge in [0.05, 0.1) is 4.88 Å². The highest BCUT2D eigenvalue weighted by Crippen LogP contribution is 2.28. The second-order valence-corrected chi connectivity index (χ2v) is 4.30. The van der Waals surface area contributed by atoms with Gasteiger partial charge in [-0.05, 0) is 26.0 Å². The Morgan fingerprint density at radius 2 is 2.15 bits per heavy atom. The Morgan fingerprint density at radius 3 is 2.69 bits per heavy atom. The summed E-state index contributed by atoms with van der Waals surface area (Å²) in [6.07, 6.45) is 0. The third-order valence-electron chi connectivity index (χ3n) is 2.29. The first-order valence-corrected chi connectivity index (χ1v) is 4.98. The number of carbonyl (C=O) groups is 1. The molecule has 13 heavy (non-hydrogen) atoms. The van der Waals surface area contributed by atoms with E-state index in [0.29, 0.717) is 0 Å². The molecular weight excluding hydrogens is 182 g/mol. The zero-order valence-electron chi connectivity index (χ0n) is 7.92. The summed E-state index contributed by atoms with van der Waals surface area (Å²) in [4.78, 5) is 13.1. The van der Waals surface area contributed by atoms with E-state index < -0.39 is 0 Å². The molecule has 0 amide bonds. The molecule has 0 saturated carbocycles. The van der Waals surface area contributed by atoms with Crippen molar-refractivity contribution in [2.75, 3.05) is 0 Å². The maximum Gasteiger partial charge on any atom is 0.169 e. The van der Waals surface area contributed by atoms with Crippen LogP contribution < -0.4 is 0 Å². The van der Waals surface area contributed by atoms with Crippen LogP contribution in [0.25, 0.3) is 10.2 Å². The van der Waals surface area contributed by atoms with Gasteiger partial charge in [-0.1, -0.05) is 0 Å². The van der Waals surface area contributed by atoms with Crippen LogP contribution in [-0.4, -0.2) is 10.4 Å². The average molecular weight is 193 g/mol. The zero-order chi connectivity index (χ0) is 9.59. The van der Waals surface area contributed by atoms with Crippen LogP contribution in [-0.2, 0) is 7.05 Å². The summed E-state index contributed by atoms with van der Waals surface area (Å²) < 4.78 is 2.12. The van der Waals surface area contributed by atoms with Crippen LogP contribution in [0.4, 0.5) is 0 Å². The predicted octanol–water partition coefficient (Wildman–Crippen LogP) is 2.75. The minimum atomic E-state index is 0.152. The van der Waals surface area contributed by atoms with Crippen LogP contribution in [0.3, 0.4) is 0 Å². The summed E-state index contributed by atoms with van der Waals surface area (Å²) in [6.45, 7) is 3.68. The number of aromatic nitrogens is 1. The number of aryl methyl sites for hydroxylation is 2. The van der Waals surface area contributed by atoms with Crippen molar-refractivity contribution >= 4 is 27.3 Å². The Balaban J connectivity index is 2.72. The number of hydrogen-bond acceptors (Lipinski definition) is 2. The van der Waals surface area contributed by atoms with Crippen LogP contribution in [0.2, 0.25) is 0 Å². The lowest BCUT2D eigenvalue weighted by atomic mass is 10.3. The lowest BCUT2D eigenvalue weighted by Crippen LogP contribution is -1.88. The molecule has 0 fully saturated rings. The maximum absolute atomic E-state index is 11.1. The summed E-state index contributed by atoms with van der Waals surface area (Å²) in [7, 11) is 2.03. The molecule has 0 aliphatic heterocycles. The molecule has 0 bridgehead atoms. The Morgan fingerprint density at radius 1 is 1.46 bits per heavy atom. The van der Waals surface area contributed by atoms with Gasteiger partial charge < -0.3 is 4.57 Å². The van der Waals surface area contributed by atoms with Gasteiger partial charge in [0.1, 0.15) is 4.83 Å². The first-order chi connectivity index (χ1) is 6.09. The molecule has 0 aliphatic rings. The van der Waals surface area contributed by atoms with Crippen LogP contribution in [0.1, 0.15) is 22.3 Å². The van der Waals surface area contributed by atoms with Crippen LogP contribution in [0.5, 0.6) is 0 Å². The minimum Gasteiger partial charge on any atom is -0.340 e. The second-order valence-electron chi connectivity index (χ2n) is 3.27. The molecular formula is C10H11NOS. The normalized spacial score (nSPS) is 11.0. The number of Topliss-reactive ketones (excluding diaryl/α,β-unsaturated/α-hetero) is 1. The molecule has 2 rings (SSSR count). The standard InChI is InChI=1S/C10H11NOS/c1-6-4-8-5-9(7(2)12)13-10(8)11(6)3/h4-5H,1-3H3. The number of fused-ring (bicyclic) bond motifs is 1. The van der Waals surface area contributed by atoms with Crippen molar-refractivity contribution in [3.8, 4) is 0 Å². The van der Waals surface area contributed by atoms with E-state index in [0.717, 1.165) is 4.88 Å². The van der Waals surface area contributed by atoms with Crippen LogP contribution in [0, 0.1) is 6.92 Å². The molecule has 0 radical (unpaired) electrons. The van der Waals surface area contributed by atoms with Gasteiger partial charge in [-0.15, -0.1) is 11.3 Å². The van der Waals surface area contributed by atoms with Gasteiger partial charge in [0.2, 0.25) is 0 Å². The van der Waals surface area contributed by atoms with Gasteiger partial charge in [-0.2, -0.15) is 0 Å². The number of rotatable bonds is 1. The molecule has 0 atom stereocenters. The smallest absolute Gasteiger partial charge is 0.169 e. The number of ketones is 1. The summed E-state index contributed by atoms with van der Waals surface area (Å²) in [5.74, 6) is 0.152. The fraction of sp³-hybridized carbons (Fsp3) is 0.300. The fourth-order valence-electron chi connectivity index (χ4n) is 1.42. The van der Waals surface area contributed by atoms with E-state index in [1.54, 1.807) is 18.3 Å². The van der Waals surface area contributed by atoms with Crippen LogP contribution >= 0.6 is 11.3 Å². The van der Waals surface area contributed by atoms with Crippen molar-refractivity contribution in [1.29, 1.82) is 0 Å². The molecule has 0 aromatic carbocycles. The number of nitrogens with zero attached hydrogens (tertiary/aromatic N) is 1. The highest BCUT2D eigenvalue weighted by molar-refractivity contribution is 7.20. The summed E-state index contributed by atoms with van der Waals surface area (Å²) in [5.41, 5.74) is 1.23. The van der Waals surface area contributed by atoms with E-state index in [-0.39, 0.29) is 5.78 Å². The highest BCUT2D eigenvalue weighted by atomic mass is 32.1. The van der Waals surface area contributed by atoms with E-state index >= 15 is 0 Å². The van der Waals surface area contributed by atoms with Gasteiger partial charge in [0, 0.05) is 18.1 Å². The molecule has 2 heterocycles. The van der Waals surface area contributed by atoms with E-state index in [1.165, 1.54) is 15.9 Å². The molecule has 0 unspecified atom stereocenters. The van der Waals surface area contributed by atoms with Crippen molar-refractivity contribution in [3.63, 3.8) is 0 Å². The SMILES string of the molecule is CC(=O)c1cc2cc(C)n(C)c2s1. The van der Waals surface area contributed by atoms with Crippen molar-refractivity contribution in [1.82, 2.24) is 4.57 Å². The number of thiophene rings is 1. The molecule has 3 heteroatoms. The van der Waals surface area contributed by atoms with Gasteiger partial charge in [-0.25, -0.2) is 0 Å². The Hall–Kier alpha value is -1.09. The molecule has 0 N–H and O–H groups in total.